The fourth-order valence-corrected chi connectivity index (χ4v) is 3.40. The minimum atomic E-state index is -4.10. The van der Waals surface area contributed by atoms with Gasteiger partial charge in [0.05, 0.1) is 12.2 Å². The molecule has 0 radical (unpaired) electrons. The Morgan fingerprint density at radius 1 is 1.33 bits per heavy atom. The summed E-state index contributed by atoms with van der Waals surface area (Å²) in [6, 6.07) is 3.46. The molecule has 1 aromatic rings. The molecule has 120 valence electrons. The fourth-order valence-electron chi connectivity index (χ4n) is 3.40. The second-order valence-corrected chi connectivity index (χ2v) is 5.94. The van der Waals surface area contributed by atoms with Gasteiger partial charge in [0.2, 0.25) is 0 Å². The van der Waals surface area contributed by atoms with E-state index in [9.17, 15) is 13.2 Å². The Hall–Kier alpha value is -0.970. The molecule has 0 aliphatic heterocycles. The Labute approximate surface area is 124 Å². The van der Waals surface area contributed by atoms with Gasteiger partial charge in [-0.15, -0.1) is 0 Å². The number of rotatable bonds is 6. The number of nitrogens with one attached hydrogen (secondary N) is 1. The minimum absolute atomic E-state index is 0.164. The zero-order chi connectivity index (χ0) is 15.3. The molecule has 21 heavy (non-hydrogen) atoms. The molecule has 1 aromatic heterocycles. The first-order valence-electron chi connectivity index (χ1n) is 7.85. The van der Waals surface area contributed by atoms with E-state index in [0.717, 1.165) is 25.1 Å². The third kappa shape index (κ3) is 4.50. The third-order valence-electron chi connectivity index (χ3n) is 4.41. The van der Waals surface area contributed by atoms with Gasteiger partial charge in [0.15, 0.2) is 0 Å². The summed E-state index contributed by atoms with van der Waals surface area (Å²) in [5.74, 6) is -0.777. The van der Waals surface area contributed by atoms with Crippen LogP contribution >= 0.6 is 0 Å². The number of alkyl halides is 3. The Kier molecular flexibility index (Phi) is 5.73. The van der Waals surface area contributed by atoms with Crippen LogP contribution in [0.5, 0.6) is 0 Å². The van der Waals surface area contributed by atoms with E-state index in [1.165, 1.54) is 0 Å². The molecule has 1 N–H and O–H groups in total. The van der Waals surface area contributed by atoms with E-state index in [0.29, 0.717) is 19.3 Å². The maximum Gasteiger partial charge on any atom is 0.392 e. The molecule has 1 aliphatic carbocycles. The number of halogens is 3. The largest absolute Gasteiger partial charge is 0.469 e. The highest BCUT2D eigenvalue weighted by atomic mass is 19.4. The summed E-state index contributed by atoms with van der Waals surface area (Å²) < 4.78 is 45.2. The Morgan fingerprint density at radius 2 is 2.10 bits per heavy atom. The Bertz CT molecular complexity index is 402. The molecule has 2 rings (SSSR count). The van der Waals surface area contributed by atoms with Crippen LogP contribution in [0.3, 0.4) is 0 Å². The highest BCUT2D eigenvalue weighted by Gasteiger charge is 2.47. The molecule has 1 saturated carbocycles. The van der Waals surface area contributed by atoms with Gasteiger partial charge in [0, 0.05) is 12.5 Å². The number of hydrogen-bond donors (Lipinski definition) is 1. The van der Waals surface area contributed by atoms with Gasteiger partial charge in [-0.25, -0.2) is 0 Å². The van der Waals surface area contributed by atoms with Crippen LogP contribution in [0, 0.1) is 11.8 Å². The van der Waals surface area contributed by atoms with Crippen LogP contribution < -0.4 is 5.32 Å². The van der Waals surface area contributed by atoms with E-state index in [-0.39, 0.29) is 18.4 Å². The quantitative estimate of drug-likeness (QED) is 0.833. The summed E-state index contributed by atoms with van der Waals surface area (Å²) in [5.41, 5.74) is 0. The topological polar surface area (TPSA) is 25.2 Å². The lowest BCUT2D eigenvalue weighted by Gasteiger charge is -2.38. The van der Waals surface area contributed by atoms with E-state index in [1.807, 2.05) is 13.0 Å². The van der Waals surface area contributed by atoms with Gasteiger partial charge in [-0.05, 0) is 43.9 Å². The van der Waals surface area contributed by atoms with Crippen LogP contribution in [-0.4, -0.2) is 18.8 Å². The first kappa shape index (κ1) is 16.4. The average Bonchev–Trinajstić information content (AvgIpc) is 2.95. The molecule has 0 amide bonds. The maximum atomic E-state index is 13.3. The molecule has 2 nitrogen and oxygen atoms in total. The molecule has 1 fully saturated rings. The van der Waals surface area contributed by atoms with Crippen molar-refractivity contribution in [3.05, 3.63) is 24.2 Å². The van der Waals surface area contributed by atoms with Gasteiger partial charge in [0.25, 0.3) is 0 Å². The highest BCUT2D eigenvalue weighted by Crippen LogP contribution is 2.43. The number of furan rings is 1. The van der Waals surface area contributed by atoms with Crippen LogP contribution in [0.15, 0.2) is 22.8 Å². The van der Waals surface area contributed by atoms with Crippen LogP contribution in [0.2, 0.25) is 0 Å². The van der Waals surface area contributed by atoms with Gasteiger partial charge >= 0.3 is 6.18 Å². The van der Waals surface area contributed by atoms with Crippen molar-refractivity contribution in [2.24, 2.45) is 11.8 Å². The molecule has 1 heterocycles. The molecular weight excluding hydrogens is 279 g/mol. The smallest absolute Gasteiger partial charge is 0.392 e. The van der Waals surface area contributed by atoms with Gasteiger partial charge in [-0.1, -0.05) is 19.8 Å². The van der Waals surface area contributed by atoms with Crippen molar-refractivity contribution in [2.75, 3.05) is 6.54 Å². The molecule has 1 aliphatic rings. The standard InChI is InChI=1S/C16H24F3NO/c1-2-9-20-15(11-12-6-5-10-21-12)13-7-3-4-8-14(13)16(17,18)19/h5-6,10,13-15,20H,2-4,7-9,11H2,1H3. The SMILES string of the molecule is CCCNC(Cc1ccco1)C1CCCCC1C(F)(F)F. The van der Waals surface area contributed by atoms with Crippen LogP contribution in [0.4, 0.5) is 13.2 Å². The van der Waals surface area contributed by atoms with Gasteiger partial charge < -0.3 is 9.73 Å². The van der Waals surface area contributed by atoms with Gasteiger partial charge in [-0.2, -0.15) is 13.2 Å². The Morgan fingerprint density at radius 3 is 2.71 bits per heavy atom. The zero-order valence-corrected chi connectivity index (χ0v) is 12.5. The van der Waals surface area contributed by atoms with Crippen molar-refractivity contribution < 1.29 is 17.6 Å². The second-order valence-electron chi connectivity index (χ2n) is 5.94. The lowest BCUT2D eigenvalue weighted by Crippen LogP contribution is -2.47. The van der Waals surface area contributed by atoms with Crippen LogP contribution in [0.1, 0.15) is 44.8 Å². The molecule has 5 heteroatoms. The van der Waals surface area contributed by atoms with Crippen LogP contribution in [-0.2, 0) is 6.42 Å². The van der Waals surface area contributed by atoms with Crippen LogP contribution in [0.25, 0.3) is 0 Å². The van der Waals surface area contributed by atoms with Crippen molar-refractivity contribution in [3.63, 3.8) is 0 Å². The zero-order valence-electron chi connectivity index (χ0n) is 12.5. The fraction of sp³-hybridized carbons (Fsp3) is 0.750. The molecule has 0 saturated heterocycles. The number of hydrogen-bond acceptors (Lipinski definition) is 2. The lowest BCUT2D eigenvalue weighted by atomic mass is 9.73. The highest BCUT2D eigenvalue weighted by molar-refractivity contribution is 5.02. The van der Waals surface area contributed by atoms with Gasteiger partial charge in [0.1, 0.15) is 5.76 Å². The molecule has 0 aromatic carbocycles. The molecule has 0 bridgehead atoms. The second kappa shape index (κ2) is 7.34. The van der Waals surface area contributed by atoms with Gasteiger partial charge in [-0.3, -0.25) is 0 Å². The van der Waals surface area contributed by atoms with Crippen molar-refractivity contribution in [3.8, 4) is 0 Å². The van der Waals surface area contributed by atoms with Crippen molar-refractivity contribution >= 4 is 0 Å². The molecule has 3 atom stereocenters. The molecule has 3 unspecified atom stereocenters. The van der Waals surface area contributed by atoms with E-state index in [4.69, 9.17) is 4.42 Å². The summed E-state index contributed by atoms with van der Waals surface area (Å²) in [6.45, 7) is 2.77. The molecule has 0 spiro atoms. The first-order valence-corrected chi connectivity index (χ1v) is 7.85. The summed E-state index contributed by atoms with van der Waals surface area (Å²) in [7, 11) is 0. The third-order valence-corrected chi connectivity index (χ3v) is 4.41. The molecular formula is C16H24F3NO. The Balaban J connectivity index is 2.12. The van der Waals surface area contributed by atoms with E-state index in [2.05, 4.69) is 5.32 Å². The average molecular weight is 303 g/mol. The minimum Gasteiger partial charge on any atom is -0.469 e. The summed E-state index contributed by atoms with van der Waals surface area (Å²) >= 11 is 0. The van der Waals surface area contributed by atoms with Crippen molar-refractivity contribution in [1.82, 2.24) is 5.32 Å². The van der Waals surface area contributed by atoms with E-state index < -0.39 is 12.1 Å². The van der Waals surface area contributed by atoms with Crippen molar-refractivity contribution in [1.29, 1.82) is 0 Å². The summed E-state index contributed by atoms with van der Waals surface area (Å²) in [5, 5.41) is 3.32. The van der Waals surface area contributed by atoms with E-state index >= 15 is 0 Å². The summed E-state index contributed by atoms with van der Waals surface area (Å²) in [4.78, 5) is 0. The summed E-state index contributed by atoms with van der Waals surface area (Å²) in [6.07, 6.45) is 1.40. The monoisotopic (exact) mass is 303 g/mol. The predicted molar refractivity (Wildman–Crippen MR) is 76.0 cm³/mol. The first-order chi connectivity index (χ1) is 10.0. The maximum absolute atomic E-state index is 13.3. The predicted octanol–water partition coefficient (Wildman–Crippen LogP) is 4.56. The van der Waals surface area contributed by atoms with E-state index in [1.54, 1.807) is 12.3 Å². The van der Waals surface area contributed by atoms with Crippen molar-refractivity contribution in [2.45, 2.75) is 57.7 Å². The normalized spacial score (nSPS) is 25.0. The lowest BCUT2D eigenvalue weighted by molar-refractivity contribution is -0.199.